The highest BCUT2D eigenvalue weighted by atomic mass is 16.5. The summed E-state index contributed by atoms with van der Waals surface area (Å²) in [5, 5.41) is 19.6. The fourth-order valence-electron chi connectivity index (χ4n) is 1.95. The molecule has 0 saturated carbocycles. The van der Waals surface area contributed by atoms with Crippen LogP contribution >= 0.6 is 0 Å². The molecule has 1 aromatic carbocycles. The van der Waals surface area contributed by atoms with Gasteiger partial charge < -0.3 is 14.7 Å². The van der Waals surface area contributed by atoms with Crippen molar-refractivity contribution < 1.29 is 9.76 Å². The Hall–Kier alpha value is -1.51. The topological polar surface area (TPSA) is 56.5 Å². The zero-order chi connectivity index (χ0) is 15.7. The Morgan fingerprint density at radius 2 is 1.95 bits per heavy atom. The van der Waals surface area contributed by atoms with Gasteiger partial charge in [-0.1, -0.05) is 12.1 Å². The minimum atomic E-state index is -0.981. The largest absolute Gasteiger partial charge is 0.427 e. The molecule has 1 fully saturated rings. The summed E-state index contributed by atoms with van der Waals surface area (Å²) in [7, 11) is 1.58. The Bertz CT molecular complexity index is 554. The van der Waals surface area contributed by atoms with Gasteiger partial charge in [-0.2, -0.15) is 5.26 Å². The van der Waals surface area contributed by atoms with Gasteiger partial charge in [-0.3, -0.25) is 0 Å². The monoisotopic (exact) mass is 285 g/mol. The molecule has 1 aliphatic heterocycles. The summed E-state index contributed by atoms with van der Waals surface area (Å²) >= 11 is 0. The van der Waals surface area contributed by atoms with E-state index < -0.39 is 11.2 Å². The average molecular weight is 285 g/mol. The van der Waals surface area contributed by atoms with Crippen molar-refractivity contribution in [2.24, 2.45) is 0 Å². The number of benzene rings is 1. The molecule has 1 heterocycles. The number of nitrogens with zero attached hydrogens (tertiary/aromatic N) is 2. The molecule has 4 nitrogen and oxygen atoms in total. The molecular weight excluding hydrogens is 263 g/mol. The van der Waals surface area contributed by atoms with Gasteiger partial charge in [0.2, 0.25) is 0 Å². The number of hydrogen-bond acceptors (Lipinski definition) is 4. The minimum absolute atomic E-state index is 0.628. The normalized spacial score (nSPS) is 15.3. The Balaban J connectivity index is 2.19. The maximum absolute atomic E-state index is 10.1. The molecule has 1 saturated heterocycles. The molecule has 0 bridgehead atoms. The highest BCUT2D eigenvalue weighted by molar-refractivity contribution is 6.48. The van der Waals surface area contributed by atoms with Crippen molar-refractivity contribution in [2.75, 3.05) is 18.0 Å². The van der Waals surface area contributed by atoms with E-state index in [9.17, 15) is 10.4 Å². The second kappa shape index (κ2) is 5.71. The molecule has 1 aromatic rings. The smallest absolute Gasteiger partial charge is 0.332 e. The predicted octanol–water partition coefficient (Wildman–Crippen LogP) is 1.58. The first-order chi connectivity index (χ1) is 9.76. The number of hydrogen-bond donors (Lipinski definition) is 1. The lowest BCUT2D eigenvalue weighted by molar-refractivity contribution is -0.0893. The van der Waals surface area contributed by atoms with E-state index >= 15 is 0 Å². The molecule has 111 valence electrons. The third-order valence-electron chi connectivity index (χ3n) is 4.34. The summed E-state index contributed by atoms with van der Waals surface area (Å²) in [5.41, 5.74) is 0.614. The zero-order valence-corrected chi connectivity index (χ0v) is 13.2. The van der Waals surface area contributed by atoms with Crippen LogP contribution in [0.4, 0.5) is 5.69 Å². The first-order valence-corrected chi connectivity index (χ1v) is 7.28. The molecule has 0 amide bonds. The second-order valence-electron chi connectivity index (χ2n) is 6.50. The SMILES string of the molecule is CC(C)(O)C(C)(C)O[B]c1cccc(N2CCC2)c1C#N. The van der Waals surface area contributed by atoms with E-state index in [0.29, 0.717) is 5.56 Å². The molecule has 0 aromatic heterocycles. The van der Waals surface area contributed by atoms with Gasteiger partial charge in [0.25, 0.3) is 0 Å². The van der Waals surface area contributed by atoms with Crippen LogP contribution in [0.25, 0.3) is 0 Å². The summed E-state index contributed by atoms with van der Waals surface area (Å²) < 4.78 is 5.76. The van der Waals surface area contributed by atoms with Gasteiger partial charge in [0, 0.05) is 13.1 Å². The molecule has 0 aliphatic carbocycles. The van der Waals surface area contributed by atoms with Crippen LogP contribution in [0.3, 0.4) is 0 Å². The van der Waals surface area contributed by atoms with Gasteiger partial charge in [0.15, 0.2) is 0 Å². The standard InChI is InChI=1S/C16H22BN2O2/c1-15(2,20)16(3,4)21-17-13-7-5-8-14(12(13)11-18)19-9-6-10-19/h5,7-8,20H,6,9-10H2,1-4H3. The molecular formula is C16H22BN2O2. The van der Waals surface area contributed by atoms with Gasteiger partial charge in [-0.25, -0.2) is 0 Å². The summed E-state index contributed by atoms with van der Waals surface area (Å²) in [5.74, 6) is 0. The zero-order valence-electron chi connectivity index (χ0n) is 13.2. The van der Waals surface area contributed by atoms with Crippen LogP contribution in [0.15, 0.2) is 18.2 Å². The molecule has 0 spiro atoms. The maximum atomic E-state index is 10.1. The van der Waals surface area contributed by atoms with E-state index in [2.05, 4.69) is 11.0 Å². The molecule has 1 N–H and O–H groups in total. The van der Waals surface area contributed by atoms with Crippen LogP contribution in [0, 0.1) is 11.3 Å². The highest BCUT2D eigenvalue weighted by Crippen LogP contribution is 2.26. The van der Waals surface area contributed by atoms with Gasteiger partial charge in [0.1, 0.15) is 6.07 Å². The third kappa shape index (κ3) is 3.23. The van der Waals surface area contributed by atoms with E-state index in [1.807, 2.05) is 32.0 Å². The lowest BCUT2D eigenvalue weighted by Gasteiger charge is -2.38. The van der Waals surface area contributed by atoms with E-state index in [1.54, 1.807) is 21.3 Å². The Morgan fingerprint density at radius 1 is 1.29 bits per heavy atom. The molecule has 21 heavy (non-hydrogen) atoms. The maximum Gasteiger partial charge on any atom is 0.332 e. The fourth-order valence-corrected chi connectivity index (χ4v) is 1.95. The lowest BCUT2D eigenvalue weighted by atomic mass is 9.80. The minimum Gasteiger partial charge on any atom is -0.427 e. The average Bonchev–Trinajstić information content (AvgIpc) is 2.33. The molecule has 0 atom stereocenters. The molecule has 5 heteroatoms. The molecule has 2 rings (SSSR count). The van der Waals surface area contributed by atoms with Gasteiger partial charge >= 0.3 is 7.48 Å². The summed E-state index contributed by atoms with van der Waals surface area (Å²) in [6.07, 6.45) is 1.17. The summed E-state index contributed by atoms with van der Waals surface area (Å²) in [4.78, 5) is 2.19. The summed E-state index contributed by atoms with van der Waals surface area (Å²) in [6.45, 7) is 9.07. The van der Waals surface area contributed by atoms with Crippen LogP contribution in [0.2, 0.25) is 0 Å². The van der Waals surface area contributed by atoms with E-state index in [0.717, 1.165) is 24.2 Å². The van der Waals surface area contributed by atoms with Crippen molar-refractivity contribution in [3.8, 4) is 6.07 Å². The van der Waals surface area contributed by atoms with Gasteiger partial charge in [-0.05, 0) is 45.6 Å². The predicted molar refractivity (Wildman–Crippen MR) is 84.8 cm³/mol. The lowest BCUT2D eigenvalue weighted by Crippen LogP contribution is -2.49. The quantitative estimate of drug-likeness (QED) is 0.834. The third-order valence-corrected chi connectivity index (χ3v) is 4.34. The van der Waals surface area contributed by atoms with E-state index in [1.165, 1.54) is 6.42 Å². The first-order valence-electron chi connectivity index (χ1n) is 7.28. The van der Waals surface area contributed by atoms with Crippen LogP contribution < -0.4 is 10.4 Å². The van der Waals surface area contributed by atoms with E-state index in [4.69, 9.17) is 4.65 Å². The number of nitriles is 1. The summed E-state index contributed by atoms with van der Waals surface area (Å²) in [6, 6.07) is 8.04. The molecule has 0 unspecified atom stereocenters. The van der Waals surface area contributed by atoms with Crippen molar-refractivity contribution >= 4 is 18.6 Å². The molecule has 1 aliphatic rings. The first kappa shape index (κ1) is 15.9. The second-order valence-corrected chi connectivity index (χ2v) is 6.50. The van der Waals surface area contributed by atoms with Crippen LogP contribution in [0.5, 0.6) is 0 Å². The fraction of sp³-hybridized carbons (Fsp3) is 0.562. The Labute approximate surface area is 127 Å². The van der Waals surface area contributed by atoms with Gasteiger partial charge in [-0.15, -0.1) is 0 Å². The Morgan fingerprint density at radius 3 is 2.43 bits per heavy atom. The molecule has 1 radical (unpaired) electrons. The number of aliphatic hydroxyl groups is 1. The van der Waals surface area contributed by atoms with E-state index in [-0.39, 0.29) is 0 Å². The van der Waals surface area contributed by atoms with Crippen molar-refractivity contribution in [3.05, 3.63) is 23.8 Å². The van der Waals surface area contributed by atoms with Gasteiger partial charge in [0.05, 0.1) is 22.5 Å². The van der Waals surface area contributed by atoms with Crippen LogP contribution in [0.1, 0.15) is 39.7 Å². The number of rotatable bonds is 5. The van der Waals surface area contributed by atoms with Crippen molar-refractivity contribution in [1.82, 2.24) is 0 Å². The number of anilines is 1. The Kier molecular flexibility index (Phi) is 4.31. The van der Waals surface area contributed by atoms with Crippen LogP contribution in [-0.4, -0.2) is 36.9 Å². The highest BCUT2D eigenvalue weighted by Gasteiger charge is 2.36. The van der Waals surface area contributed by atoms with Crippen molar-refractivity contribution in [3.63, 3.8) is 0 Å². The van der Waals surface area contributed by atoms with Crippen molar-refractivity contribution in [2.45, 2.75) is 45.3 Å². The van der Waals surface area contributed by atoms with Crippen LogP contribution in [-0.2, 0) is 4.65 Å². The van der Waals surface area contributed by atoms with Crippen molar-refractivity contribution in [1.29, 1.82) is 5.26 Å².